The van der Waals surface area contributed by atoms with Gasteiger partial charge in [0.2, 0.25) is 0 Å². The van der Waals surface area contributed by atoms with E-state index in [2.05, 4.69) is 9.97 Å². The van der Waals surface area contributed by atoms with Crippen LogP contribution in [0, 0.1) is 0 Å². The summed E-state index contributed by atoms with van der Waals surface area (Å²) in [6.45, 7) is 0. The van der Waals surface area contributed by atoms with E-state index in [1.807, 2.05) is 78.9 Å². The topological polar surface area (TPSA) is 47.8 Å². The third-order valence-electron chi connectivity index (χ3n) is 4.86. The molecule has 0 fully saturated rings. The van der Waals surface area contributed by atoms with Crippen LogP contribution in [0.2, 0.25) is 4.34 Å². The van der Waals surface area contributed by atoms with Gasteiger partial charge in [-0.3, -0.25) is 9.36 Å². The smallest absolute Gasteiger partial charge is 0.267 e. The lowest BCUT2D eigenvalue weighted by atomic mass is 10.1. The summed E-state index contributed by atoms with van der Waals surface area (Å²) in [6.07, 6.45) is 2.14. The maximum absolute atomic E-state index is 13.5. The van der Waals surface area contributed by atoms with E-state index >= 15 is 0 Å². The summed E-state index contributed by atoms with van der Waals surface area (Å²) in [5.41, 5.74) is 4.36. The first-order valence-corrected chi connectivity index (χ1v) is 10.7. The van der Waals surface area contributed by atoms with E-state index < -0.39 is 0 Å². The lowest BCUT2D eigenvalue weighted by molar-refractivity contribution is 0.928. The second-order valence-corrected chi connectivity index (χ2v) is 8.58. The molecule has 0 aliphatic carbocycles. The summed E-state index contributed by atoms with van der Waals surface area (Å²) >= 11 is 7.62. The van der Waals surface area contributed by atoms with E-state index in [1.165, 1.54) is 11.3 Å². The number of hydrogen-bond donors (Lipinski definition) is 0. The van der Waals surface area contributed by atoms with Gasteiger partial charge in [-0.2, -0.15) is 0 Å². The highest BCUT2D eigenvalue weighted by Gasteiger charge is 2.15. The third kappa shape index (κ3) is 3.54. The van der Waals surface area contributed by atoms with Gasteiger partial charge in [0, 0.05) is 17.5 Å². The summed E-state index contributed by atoms with van der Waals surface area (Å²) in [5, 5.41) is 0. The molecule has 0 spiro atoms. The van der Waals surface area contributed by atoms with Crippen LogP contribution in [0.5, 0.6) is 0 Å². The normalized spacial score (nSPS) is 11.1. The number of benzene rings is 2. The van der Waals surface area contributed by atoms with Crippen molar-refractivity contribution in [2.75, 3.05) is 0 Å². The van der Waals surface area contributed by atoms with Crippen molar-refractivity contribution in [3.63, 3.8) is 0 Å². The molecular formula is C24H16ClN3OS. The SMILES string of the molecule is O=c1c(Cc2ccccc2)nc2cccnc2n1-c1cccc(-c2ccc(Cl)s2)c1. The minimum atomic E-state index is -0.161. The molecule has 0 aliphatic rings. The van der Waals surface area contributed by atoms with Gasteiger partial charge >= 0.3 is 0 Å². The number of hydrogen-bond acceptors (Lipinski definition) is 4. The van der Waals surface area contributed by atoms with Crippen molar-refractivity contribution in [2.24, 2.45) is 0 Å². The molecule has 0 saturated heterocycles. The number of fused-ring (bicyclic) bond motifs is 1. The van der Waals surface area contributed by atoms with Gasteiger partial charge in [-0.1, -0.05) is 54.1 Å². The van der Waals surface area contributed by atoms with Crippen LogP contribution < -0.4 is 5.56 Å². The molecule has 0 N–H and O–H groups in total. The van der Waals surface area contributed by atoms with Crippen molar-refractivity contribution in [3.05, 3.63) is 111 Å². The number of nitrogens with zero attached hydrogens (tertiary/aromatic N) is 3. The summed E-state index contributed by atoms with van der Waals surface area (Å²) in [6, 6.07) is 25.3. The molecule has 0 bridgehead atoms. The Morgan fingerprint density at radius 2 is 1.80 bits per heavy atom. The molecule has 0 saturated carbocycles. The second kappa shape index (κ2) is 7.86. The lowest BCUT2D eigenvalue weighted by Gasteiger charge is -2.12. The minimum absolute atomic E-state index is 0.161. The fraction of sp³-hybridized carbons (Fsp3) is 0.0417. The summed E-state index contributed by atoms with van der Waals surface area (Å²) in [4.78, 5) is 23.6. The molecule has 0 unspecified atom stereocenters. The largest absolute Gasteiger partial charge is 0.278 e. The monoisotopic (exact) mass is 429 g/mol. The molecule has 5 aromatic rings. The molecule has 6 heteroatoms. The van der Waals surface area contributed by atoms with Crippen molar-refractivity contribution in [1.82, 2.24) is 14.5 Å². The second-order valence-electron chi connectivity index (χ2n) is 6.86. The Hall–Kier alpha value is -3.28. The van der Waals surface area contributed by atoms with Gasteiger partial charge in [0.25, 0.3) is 5.56 Å². The van der Waals surface area contributed by atoms with Crippen LogP contribution in [-0.2, 0) is 6.42 Å². The van der Waals surface area contributed by atoms with Crippen molar-refractivity contribution >= 4 is 34.1 Å². The van der Waals surface area contributed by atoms with Gasteiger partial charge in [0.15, 0.2) is 5.65 Å². The van der Waals surface area contributed by atoms with Gasteiger partial charge in [0.1, 0.15) is 11.2 Å². The van der Waals surface area contributed by atoms with Crippen LogP contribution in [0.1, 0.15) is 11.3 Å². The van der Waals surface area contributed by atoms with Crippen LogP contribution >= 0.6 is 22.9 Å². The molecule has 3 heterocycles. The fourth-order valence-corrected chi connectivity index (χ4v) is 4.52. The maximum Gasteiger partial charge on any atom is 0.278 e. The van der Waals surface area contributed by atoms with E-state index in [0.29, 0.717) is 23.3 Å². The van der Waals surface area contributed by atoms with Crippen LogP contribution in [-0.4, -0.2) is 14.5 Å². The zero-order valence-corrected chi connectivity index (χ0v) is 17.4. The average molecular weight is 430 g/mol. The predicted octanol–water partition coefficient (Wildman–Crippen LogP) is 5.75. The maximum atomic E-state index is 13.5. The molecule has 2 aromatic carbocycles. The molecule has 0 atom stereocenters. The van der Waals surface area contributed by atoms with E-state index in [0.717, 1.165) is 26.0 Å². The van der Waals surface area contributed by atoms with Gasteiger partial charge in [-0.25, -0.2) is 9.97 Å². The Kier molecular flexibility index (Phi) is 4.91. The van der Waals surface area contributed by atoms with Crippen LogP contribution in [0.4, 0.5) is 0 Å². The first kappa shape index (κ1) is 18.7. The molecule has 3 aromatic heterocycles. The summed E-state index contributed by atoms with van der Waals surface area (Å²) in [7, 11) is 0. The molecule has 5 rings (SSSR count). The average Bonchev–Trinajstić information content (AvgIpc) is 3.22. The Labute approximate surface area is 182 Å². The van der Waals surface area contributed by atoms with Gasteiger partial charge in [-0.15, -0.1) is 11.3 Å². The highest BCUT2D eigenvalue weighted by atomic mass is 35.5. The first-order valence-electron chi connectivity index (χ1n) is 9.46. The zero-order valence-electron chi connectivity index (χ0n) is 15.8. The Morgan fingerprint density at radius 3 is 2.60 bits per heavy atom. The van der Waals surface area contributed by atoms with Crippen molar-refractivity contribution in [3.8, 4) is 16.1 Å². The van der Waals surface area contributed by atoms with Crippen LogP contribution in [0.25, 0.3) is 27.3 Å². The molecule has 4 nitrogen and oxygen atoms in total. The lowest BCUT2D eigenvalue weighted by Crippen LogP contribution is -2.25. The third-order valence-corrected chi connectivity index (χ3v) is 6.14. The van der Waals surface area contributed by atoms with E-state index in [4.69, 9.17) is 11.6 Å². The molecule has 0 radical (unpaired) electrons. The van der Waals surface area contributed by atoms with Gasteiger partial charge < -0.3 is 0 Å². The number of aromatic nitrogens is 3. The van der Waals surface area contributed by atoms with Crippen LogP contribution in [0.15, 0.2) is 89.9 Å². The molecule has 30 heavy (non-hydrogen) atoms. The van der Waals surface area contributed by atoms with Crippen molar-refractivity contribution in [2.45, 2.75) is 6.42 Å². The molecule has 146 valence electrons. The van der Waals surface area contributed by atoms with E-state index in [1.54, 1.807) is 10.8 Å². The summed E-state index contributed by atoms with van der Waals surface area (Å²) < 4.78 is 2.38. The van der Waals surface area contributed by atoms with Crippen molar-refractivity contribution in [1.29, 1.82) is 0 Å². The van der Waals surface area contributed by atoms with Gasteiger partial charge in [0.05, 0.1) is 10.0 Å². The molecule has 0 amide bonds. The zero-order chi connectivity index (χ0) is 20.5. The molecule has 0 aliphatic heterocycles. The van der Waals surface area contributed by atoms with E-state index in [-0.39, 0.29) is 5.56 Å². The predicted molar refractivity (Wildman–Crippen MR) is 123 cm³/mol. The standard InChI is InChI=1S/C24H16ClN3OS/c25-22-12-11-21(30-22)17-8-4-9-18(15-17)28-23-19(10-5-13-26-23)27-20(24(28)29)14-16-6-2-1-3-7-16/h1-13,15H,14H2. The highest BCUT2D eigenvalue weighted by molar-refractivity contribution is 7.19. The van der Waals surface area contributed by atoms with Crippen molar-refractivity contribution < 1.29 is 0 Å². The quantitative estimate of drug-likeness (QED) is 0.365. The Bertz CT molecular complexity index is 1410. The summed E-state index contributed by atoms with van der Waals surface area (Å²) in [5.74, 6) is 0. The Morgan fingerprint density at radius 1 is 0.933 bits per heavy atom. The number of pyridine rings is 1. The number of rotatable bonds is 4. The van der Waals surface area contributed by atoms with Gasteiger partial charge in [-0.05, 0) is 47.5 Å². The fourth-order valence-electron chi connectivity index (χ4n) is 3.48. The molecular weight excluding hydrogens is 414 g/mol. The minimum Gasteiger partial charge on any atom is -0.267 e. The van der Waals surface area contributed by atoms with Crippen LogP contribution in [0.3, 0.4) is 0 Å². The van der Waals surface area contributed by atoms with E-state index in [9.17, 15) is 4.79 Å². The number of thiophene rings is 1. The Balaban J connectivity index is 1.70. The highest BCUT2D eigenvalue weighted by Crippen LogP contribution is 2.32. The number of halogens is 1. The first-order chi connectivity index (χ1) is 14.7.